The second-order valence-electron chi connectivity index (χ2n) is 5.96. The molecule has 0 N–H and O–H groups in total. The Kier molecular flexibility index (Phi) is 4.87. The lowest BCUT2D eigenvalue weighted by Crippen LogP contribution is -2.37. The summed E-state index contributed by atoms with van der Waals surface area (Å²) in [5.41, 5.74) is 0.524. The van der Waals surface area contributed by atoms with Gasteiger partial charge in [-0.25, -0.2) is 9.97 Å². The number of carbonyl (C=O) groups excluding carboxylic acids is 1. The molecule has 120 valence electrons. The van der Waals surface area contributed by atoms with Gasteiger partial charge in [-0.2, -0.15) is 0 Å². The summed E-state index contributed by atoms with van der Waals surface area (Å²) in [6.45, 7) is 6.57. The Morgan fingerprint density at radius 1 is 1.05 bits per heavy atom. The summed E-state index contributed by atoms with van der Waals surface area (Å²) < 4.78 is 5.38. The molecule has 6 heteroatoms. The lowest BCUT2D eigenvalue weighted by atomic mass is 10.2. The zero-order valence-corrected chi connectivity index (χ0v) is 13.3. The van der Waals surface area contributed by atoms with E-state index in [0.717, 1.165) is 44.8 Å². The van der Waals surface area contributed by atoms with Crippen molar-refractivity contribution < 1.29 is 9.53 Å². The minimum Gasteiger partial charge on any atom is -0.378 e. The van der Waals surface area contributed by atoms with Gasteiger partial charge in [0.15, 0.2) is 0 Å². The van der Waals surface area contributed by atoms with Crippen molar-refractivity contribution in [3.63, 3.8) is 0 Å². The highest BCUT2D eigenvalue weighted by Gasteiger charge is 2.21. The molecule has 3 rings (SSSR count). The molecule has 1 aromatic heterocycles. The van der Waals surface area contributed by atoms with Gasteiger partial charge in [0.2, 0.25) is 0 Å². The molecule has 0 atom stereocenters. The zero-order valence-electron chi connectivity index (χ0n) is 13.3. The molecule has 0 unspecified atom stereocenters. The number of aryl methyl sites for hydroxylation is 1. The third-order valence-corrected chi connectivity index (χ3v) is 4.27. The van der Waals surface area contributed by atoms with Crippen molar-refractivity contribution in [2.24, 2.45) is 0 Å². The molecule has 1 amide bonds. The summed E-state index contributed by atoms with van der Waals surface area (Å²) in [6, 6.07) is 1.84. The first-order chi connectivity index (χ1) is 10.7. The van der Waals surface area contributed by atoms with E-state index in [0.29, 0.717) is 24.7 Å². The van der Waals surface area contributed by atoms with Crippen LogP contribution in [0.25, 0.3) is 0 Å². The summed E-state index contributed by atoms with van der Waals surface area (Å²) in [5.74, 6) is 1.54. The number of hydrogen-bond acceptors (Lipinski definition) is 5. The molecule has 0 aliphatic carbocycles. The maximum absolute atomic E-state index is 12.7. The first-order valence-electron chi connectivity index (χ1n) is 8.22. The summed E-state index contributed by atoms with van der Waals surface area (Å²) in [7, 11) is 0. The largest absolute Gasteiger partial charge is 0.378 e. The van der Waals surface area contributed by atoms with Crippen LogP contribution in [0.2, 0.25) is 0 Å². The zero-order chi connectivity index (χ0) is 15.4. The molecule has 0 saturated carbocycles. The van der Waals surface area contributed by atoms with Gasteiger partial charge in [-0.15, -0.1) is 0 Å². The van der Waals surface area contributed by atoms with Crippen LogP contribution in [-0.2, 0) is 4.74 Å². The average molecular weight is 304 g/mol. The molecule has 0 bridgehead atoms. The third-order valence-electron chi connectivity index (χ3n) is 4.27. The van der Waals surface area contributed by atoms with Crippen LogP contribution in [-0.4, -0.2) is 60.2 Å². The molecular weight excluding hydrogens is 280 g/mol. The first-order valence-corrected chi connectivity index (χ1v) is 8.22. The van der Waals surface area contributed by atoms with Gasteiger partial charge in [-0.1, -0.05) is 12.8 Å². The number of ether oxygens (including phenoxy) is 1. The van der Waals surface area contributed by atoms with Gasteiger partial charge in [0, 0.05) is 32.2 Å². The molecule has 6 nitrogen and oxygen atoms in total. The van der Waals surface area contributed by atoms with Crippen LogP contribution < -0.4 is 4.90 Å². The number of rotatable bonds is 2. The van der Waals surface area contributed by atoms with E-state index in [1.165, 1.54) is 12.8 Å². The second-order valence-corrected chi connectivity index (χ2v) is 5.96. The number of hydrogen-bond donors (Lipinski definition) is 0. The molecule has 2 aliphatic heterocycles. The molecule has 0 radical (unpaired) electrons. The second kappa shape index (κ2) is 7.05. The average Bonchev–Trinajstić information content (AvgIpc) is 2.83. The van der Waals surface area contributed by atoms with Crippen LogP contribution in [0.1, 0.15) is 42.0 Å². The molecule has 1 aromatic rings. The molecule has 0 spiro atoms. The Morgan fingerprint density at radius 3 is 2.41 bits per heavy atom. The standard InChI is InChI=1S/C16H24N4O2/c1-13-17-14(16(21)20-6-4-2-3-5-7-20)12-15(18-13)19-8-10-22-11-9-19/h12H,2-11H2,1H3. The van der Waals surface area contributed by atoms with Gasteiger partial charge >= 0.3 is 0 Å². The van der Waals surface area contributed by atoms with Gasteiger partial charge in [0.1, 0.15) is 17.3 Å². The quantitative estimate of drug-likeness (QED) is 0.831. The normalized spacial score (nSPS) is 19.9. The van der Waals surface area contributed by atoms with Crippen molar-refractivity contribution >= 4 is 11.7 Å². The van der Waals surface area contributed by atoms with Gasteiger partial charge in [0.25, 0.3) is 5.91 Å². The monoisotopic (exact) mass is 304 g/mol. The minimum absolute atomic E-state index is 0.0434. The van der Waals surface area contributed by atoms with E-state index in [9.17, 15) is 4.79 Å². The van der Waals surface area contributed by atoms with Crippen molar-refractivity contribution in [1.29, 1.82) is 0 Å². The van der Waals surface area contributed by atoms with Gasteiger partial charge in [-0.05, 0) is 19.8 Å². The lowest BCUT2D eigenvalue weighted by molar-refractivity contribution is 0.0755. The van der Waals surface area contributed by atoms with E-state index in [1.54, 1.807) is 0 Å². The Bertz CT molecular complexity index is 521. The van der Waals surface area contributed by atoms with Crippen LogP contribution in [0.4, 0.5) is 5.82 Å². The number of aromatic nitrogens is 2. The van der Waals surface area contributed by atoms with E-state index < -0.39 is 0 Å². The molecule has 22 heavy (non-hydrogen) atoms. The molecule has 0 aromatic carbocycles. The highest BCUT2D eigenvalue weighted by atomic mass is 16.5. The molecular formula is C16H24N4O2. The summed E-state index contributed by atoms with van der Waals surface area (Å²) in [5, 5.41) is 0. The first kappa shape index (κ1) is 15.2. The Labute approximate surface area is 131 Å². The van der Waals surface area contributed by atoms with Crippen LogP contribution in [0.15, 0.2) is 6.07 Å². The van der Waals surface area contributed by atoms with E-state index in [1.807, 2.05) is 17.9 Å². The number of morpholine rings is 1. The fraction of sp³-hybridized carbons (Fsp3) is 0.688. The van der Waals surface area contributed by atoms with Crippen molar-refractivity contribution in [3.05, 3.63) is 17.6 Å². The maximum Gasteiger partial charge on any atom is 0.272 e. The Morgan fingerprint density at radius 2 is 1.73 bits per heavy atom. The Balaban J connectivity index is 1.80. The fourth-order valence-electron chi connectivity index (χ4n) is 3.05. The SMILES string of the molecule is Cc1nc(C(=O)N2CCCCCC2)cc(N2CCOCC2)n1. The van der Waals surface area contributed by atoms with E-state index in [2.05, 4.69) is 14.9 Å². The molecule has 3 heterocycles. The summed E-state index contributed by atoms with van der Waals surface area (Å²) in [6.07, 6.45) is 4.61. The Hall–Kier alpha value is -1.69. The van der Waals surface area contributed by atoms with Crippen LogP contribution in [0, 0.1) is 6.92 Å². The maximum atomic E-state index is 12.7. The highest BCUT2D eigenvalue weighted by Crippen LogP contribution is 2.17. The predicted molar refractivity (Wildman–Crippen MR) is 84.2 cm³/mol. The van der Waals surface area contributed by atoms with Gasteiger partial charge < -0.3 is 14.5 Å². The molecule has 2 aliphatic rings. The van der Waals surface area contributed by atoms with Gasteiger partial charge in [-0.3, -0.25) is 4.79 Å². The number of carbonyl (C=O) groups is 1. The lowest BCUT2D eigenvalue weighted by Gasteiger charge is -2.28. The summed E-state index contributed by atoms with van der Waals surface area (Å²) in [4.78, 5) is 25.7. The molecule has 2 fully saturated rings. The highest BCUT2D eigenvalue weighted by molar-refractivity contribution is 5.93. The number of nitrogens with zero attached hydrogens (tertiary/aromatic N) is 4. The number of amides is 1. The van der Waals surface area contributed by atoms with E-state index >= 15 is 0 Å². The van der Waals surface area contributed by atoms with E-state index in [4.69, 9.17) is 4.74 Å². The third kappa shape index (κ3) is 3.55. The van der Waals surface area contributed by atoms with E-state index in [-0.39, 0.29) is 5.91 Å². The molecule has 2 saturated heterocycles. The predicted octanol–water partition coefficient (Wildman–Crippen LogP) is 1.64. The fourth-order valence-corrected chi connectivity index (χ4v) is 3.05. The van der Waals surface area contributed by atoms with Crippen molar-refractivity contribution in [2.75, 3.05) is 44.3 Å². The smallest absolute Gasteiger partial charge is 0.272 e. The number of likely N-dealkylation sites (tertiary alicyclic amines) is 1. The summed E-state index contributed by atoms with van der Waals surface area (Å²) >= 11 is 0. The minimum atomic E-state index is 0.0434. The van der Waals surface area contributed by atoms with Gasteiger partial charge in [0.05, 0.1) is 13.2 Å². The van der Waals surface area contributed by atoms with Crippen molar-refractivity contribution in [3.8, 4) is 0 Å². The van der Waals surface area contributed by atoms with Crippen LogP contribution in [0.5, 0.6) is 0 Å². The van der Waals surface area contributed by atoms with Crippen molar-refractivity contribution in [1.82, 2.24) is 14.9 Å². The van der Waals surface area contributed by atoms with Crippen LogP contribution in [0.3, 0.4) is 0 Å². The van der Waals surface area contributed by atoms with Crippen molar-refractivity contribution in [2.45, 2.75) is 32.6 Å². The number of anilines is 1. The topological polar surface area (TPSA) is 58.6 Å². The van der Waals surface area contributed by atoms with Crippen LogP contribution >= 0.6 is 0 Å².